The van der Waals surface area contributed by atoms with Crippen LogP contribution in [0, 0.1) is 16.0 Å². The molecule has 0 spiro atoms. The third-order valence-electron chi connectivity index (χ3n) is 4.23. The first-order valence-electron chi connectivity index (χ1n) is 7.68. The Morgan fingerprint density at radius 1 is 1.35 bits per heavy atom. The second kappa shape index (κ2) is 8.26. The number of nitrogens with two attached hydrogens (primary N) is 1. The Balaban J connectivity index is 0.00000264. The highest BCUT2D eigenvalue weighted by Gasteiger charge is 2.32. The summed E-state index contributed by atoms with van der Waals surface area (Å²) in [6, 6.07) is 6.58. The van der Waals surface area contributed by atoms with E-state index in [9.17, 15) is 14.9 Å². The zero-order chi connectivity index (χ0) is 16.3. The molecule has 1 amide bonds. The minimum atomic E-state index is -0.422. The fourth-order valence-corrected chi connectivity index (χ4v) is 2.91. The lowest BCUT2D eigenvalue weighted by Crippen LogP contribution is -2.40. The van der Waals surface area contributed by atoms with Crippen LogP contribution in [0.4, 0.5) is 5.69 Å². The zero-order valence-corrected chi connectivity index (χ0v) is 14.3. The van der Waals surface area contributed by atoms with Crippen molar-refractivity contribution in [3.05, 3.63) is 39.9 Å². The van der Waals surface area contributed by atoms with E-state index in [-0.39, 0.29) is 42.0 Å². The molecule has 2 N–H and O–H groups in total. The average Bonchev–Trinajstić information content (AvgIpc) is 2.91. The van der Waals surface area contributed by atoms with E-state index in [1.54, 1.807) is 12.1 Å². The molecular weight excluding hydrogens is 318 g/mol. The predicted octanol–water partition coefficient (Wildman–Crippen LogP) is 2.88. The molecule has 0 saturated heterocycles. The zero-order valence-electron chi connectivity index (χ0n) is 13.5. The summed E-state index contributed by atoms with van der Waals surface area (Å²) in [4.78, 5) is 24.8. The van der Waals surface area contributed by atoms with E-state index >= 15 is 0 Å². The van der Waals surface area contributed by atoms with Crippen LogP contribution in [0.25, 0.3) is 0 Å². The molecule has 128 valence electrons. The van der Waals surface area contributed by atoms with Gasteiger partial charge in [0.05, 0.1) is 4.92 Å². The minimum Gasteiger partial charge on any atom is -0.336 e. The van der Waals surface area contributed by atoms with E-state index in [1.165, 1.54) is 12.1 Å². The van der Waals surface area contributed by atoms with Gasteiger partial charge < -0.3 is 10.6 Å². The van der Waals surface area contributed by atoms with Crippen molar-refractivity contribution in [2.24, 2.45) is 11.7 Å². The number of hydrogen-bond acceptors (Lipinski definition) is 4. The van der Waals surface area contributed by atoms with Crippen LogP contribution in [0.5, 0.6) is 0 Å². The van der Waals surface area contributed by atoms with E-state index in [4.69, 9.17) is 5.73 Å². The van der Waals surface area contributed by atoms with Crippen LogP contribution in [0.3, 0.4) is 0 Å². The summed E-state index contributed by atoms with van der Waals surface area (Å²) in [5, 5.41) is 10.7. The second-order valence-electron chi connectivity index (χ2n) is 6.25. The van der Waals surface area contributed by atoms with Gasteiger partial charge in [-0.15, -0.1) is 12.4 Å². The Kier molecular flexibility index (Phi) is 6.97. The number of rotatable bonds is 5. The van der Waals surface area contributed by atoms with Crippen LogP contribution in [-0.4, -0.2) is 27.8 Å². The lowest BCUT2D eigenvalue weighted by atomic mass is 10.0. The van der Waals surface area contributed by atoms with E-state index in [2.05, 4.69) is 0 Å². The first kappa shape index (κ1) is 19.4. The van der Waals surface area contributed by atoms with Gasteiger partial charge >= 0.3 is 0 Å². The molecule has 7 heteroatoms. The van der Waals surface area contributed by atoms with Gasteiger partial charge in [-0.1, -0.05) is 12.1 Å². The van der Waals surface area contributed by atoms with Gasteiger partial charge in [0, 0.05) is 36.7 Å². The average molecular weight is 342 g/mol. The van der Waals surface area contributed by atoms with Gasteiger partial charge in [-0.2, -0.15) is 0 Å². The van der Waals surface area contributed by atoms with Crippen molar-refractivity contribution in [3.8, 4) is 0 Å². The Bertz CT molecular complexity index is 548. The fourth-order valence-electron chi connectivity index (χ4n) is 2.91. The Morgan fingerprint density at radius 3 is 2.39 bits per heavy atom. The molecule has 0 heterocycles. The van der Waals surface area contributed by atoms with E-state index in [0.717, 1.165) is 24.8 Å². The maximum Gasteiger partial charge on any atom is 0.269 e. The molecule has 0 bridgehead atoms. The van der Waals surface area contributed by atoms with Crippen LogP contribution in [-0.2, 0) is 11.3 Å². The highest BCUT2D eigenvalue weighted by molar-refractivity contribution is 5.85. The van der Waals surface area contributed by atoms with Crippen molar-refractivity contribution >= 4 is 24.0 Å². The number of halogens is 1. The van der Waals surface area contributed by atoms with Crippen LogP contribution in [0.15, 0.2) is 24.3 Å². The standard InChI is InChI=1S/C16H23N3O3.ClH/c1-11(2)18(16(20)13-5-6-14(17)9-13)10-12-3-7-15(8-4-12)19(21)22;/h3-4,7-8,11,13-14H,5-6,9-10,17H2,1-2H3;1H. The molecule has 1 saturated carbocycles. The van der Waals surface area contributed by atoms with Crippen molar-refractivity contribution in [2.75, 3.05) is 0 Å². The summed E-state index contributed by atoms with van der Waals surface area (Å²) in [7, 11) is 0. The second-order valence-corrected chi connectivity index (χ2v) is 6.25. The van der Waals surface area contributed by atoms with Gasteiger partial charge in [0.2, 0.25) is 5.91 Å². The minimum absolute atomic E-state index is 0. The van der Waals surface area contributed by atoms with Gasteiger partial charge in [-0.05, 0) is 38.7 Å². The van der Waals surface area contributed by atoms with Crippen molar-refractivity contribution in [1.29, 1.82) is 0 Å². The van der Waals surface area contributed by atoms with Gasteiger partial charge in [-0.3, -0.25) is 14.9 Å². The summed E-state index contributed by atoms with van der Waals surface area (Å²) in [6.45, 7) is 4.44. The van der Waals surface area contributed by atoms with E-state index < -0.39 is 4.92 Å². The van der Waals surface area contributed by atoms with Crippen LogP contribution in [0.1, 0.15) is 38.7 Å². The van der Waals surface area contributed by atoms with Gasteiger partial charge in [0.15, 0.2) is 0 Å². The monoisotopic (exact) mass is 341 g/mol. The van der Waals surface area contributed by atoms with E-state index in [0.29, 0.717) is 6.54 Å². The fraction of sp³-hybridized carbons (Fsp3) is 0.562. The molecule has 0 radical (unpaired) electrons. The molecule has 0 aliphatic heterocycles. The number of non-ortho nitro benzene ring substituents is 1. The molecule has 2 atom stereocenters. The van der Waals surface area contributed by atoms with Crippen LogP contribution in [0.2, 0.25) is 0 Å². The van der Waals surface area contributed by atoms with Gasteiger partial charge in [0.25, 0.3) is 5.69 Å². The number of nitro benzene ring substituents is 1. The lowest BCUT2D eigenvalue weighted by Gasteiger charge is -2.29. The number of hydrogen-bond donors (Lipinski definition) is 1. The highest BCUT2D eigenvalue weighted by Crippen LogP contribution is 2.27. The molecule has 23 heavy (non-hydrogen) atoms. The molecular formula is C16H24ClN3O3. The molecule has 2 rings (SSSR count). The maximum absolute atomic E-state index is 12.7. The number of carbonyl (C=O) groups is 1. The summed E-state index contributed by atoms with van der Waals surface area (Å²) in [5.74, 6) is 0.150. The molecule has 1 aliphatic carbocycles. The molecule has 1 fully saturated rings. The maximum atomic E-state index is 12.7. The number of carbonyl (C=O) groups excluding carboxylic acids is 1. The quantitative estimate of drug-likeness (QED) is 0.658. The molecule has 0 aromatic heterocycles. The summed E-state index contributed by atoms with van der Waals surface area (Å²) in [5.41, 5.74) is 6.86. The Hall–Kier alpha value is -1.66. The SMILES string of the molecule is CC(C)N(Cc1ccc([N+](=O)[O-])cc1)C(=O)C1CCC(N)C1.Cl. The summed E-state index contributed by atoms with van der Waals surface area (Å²) < 4.78 is 0. The number of nitrogens with zero attached hydrogens (tertiary/aromatic N) is 2. The number of benzene rings is 1. The third kappa shape index (κ3) is 4.91. The summed E-state index contributed by atoms with van der Waals surface area (Å²) >= 11 is 0. The summed E-state index contributed by atoms with van der Waals surface area (Å²) in [6.07, 6.45) is 2.51. The highest BCUT2D eigenvalue weighted by atomic mass is 35.5. The van der Waals surface area contributed by atoms with Gasteiger partial charge in [0.1, 0.15) is 0 Å². The van der Waals surface area contributed by atoms with Crippen LogP contribution < -0.4 is 5.73 Å². The molecule has 1 aliphatic rings. The van der Waals surface area contributed by atoms with Crippen molar-refractivity contribution < 1.29 is 9.72 Å². The van der Waals surface area contributed by atoms with Crippen molar-refractivity contribution in [2.45, 2.75) is 51.7 Å². The van der Waals surface area contributed by atoms with Crippen molar-refractivity contribution in [3.63, 3.8) is 0 Å². The van der Waals surface area contributed by atoms with Crippen molar-refractivity contribution in [1.82, 2.24) is 4.90 Å². The first-order chi connectivity index (χ1) is 10.4. The third-order valence-corrected chi connectivity index (χ3v) is 4.23. The topological polar surface area (TPSA) is 89.5 Å². The molecule has 6 nitrogen and oxygen atoms in total. The molecule has 2 unspecified atom stereocenters. The predicted molar refractivity (Wildman–Crippen MR) is 91.3 cm³/mol. The van der Waals surface area contributed by atoms with Crippen LogP contribution >= 0.6 is 12.4 Å². The number of amides is 1. The smallest absolute Gasteiger partial charge is 0.269 e. The lowest BCUT2D eigenvalue weighted by molar-refractivity contribution is -0.384. The normalized spacial score (nSPS) is 20.2. The van der Waals surface area contributed by atoms with E-state index in [1.807, 2.05) is 18.7 Å². The molecule has 1 aromatic carbocycles. The van der Waals surface area contributed by atoms with Gasteiger partial charge in [-0.25, -0.2) is 0 Å². The number of nitro groups is 1. The molecule has 1 aromatic rings. The first-order valence-corrected chi connectivity index (χ1v) is 7.68. The Labute approximate surface area is 142 Å². The largest absolute Gasteiger partial charge is 0.336 e. The Morgan fingerprint density at radius 2 is 1.96 bits per heavy atom.